The predicted molar refractivity (Wildman–Crippen MR) is 119 cm³/mol. The number of nitrogens with zero attached hydrogens (tertiary/aromatic N) is 2. The molecule has 164 valence electrons. The van der Waals surface area contributed by atoms with E-state index in [9.17, 15) is 14.0 Å². The summed E-state index contributed by atoms with van der Waals surface area (Å²) in [4.78, 5) is 30.0. The number of hydrogen-bond acceptors (Lipinski definition) is 3. The molecule has 0 radical (unpaired) electrons. The van der Waals surface area contributed by atoms with E-state index in [0.29, 0.717) is 23.4 Å². The summed E-state index contributed by atoms with van der Waals surface area (Å²) in [5.74, 6) is -0.327. The van der Waals surface area contributed by atoms with Gasteiger partial charge < -0.3 is 10.2 Å². The van der Waals surface area contributed by atoms with Gasteiger partial charge >= 0.3 is 0 Å². The maximum atomic E-state index is 13.9. The first kappa shape index (κ1) is 21.5. The summed E-state index contributed by atoms with van der Waals surface area (Å²) in [7, 11) is 0. The number of benzene rings is 2. The second-order valence-corrected chi connectivity index (χ2v) is 8.53. The topological polar surface area (TPSA) is 52.7 Å². The fourth-order valence-corrected chi connectivity index (χ4v) is 4.50. The normalized spacial score (nSPS) is 18.0. The summed E-state index contributed by atoms with van der Waals surface area (Å²) in [6, 6.07) is 14.1. The van der Waals surface area contributed by atoms with Gasteiger partial charge in [0, 0.05) is 31.1 Å². The molecule has 2 heterocycles. The van der Waals surface area contributed by atoms with Crippen molar-refractivity contribution in [2.45, 2.75) is 38.6 Å². The molecule has 5 nitrogen and oxygen atoms in total. The van der Waals surface area contributed by atoms with Gasteiger partial charge in [-0.3, -0.25) is 14.5 Å². The molecule has 2 amide bonds. The lowest BCUT2D eigenvalue weighted by molar-refractivity contribution is -0.121. The van der Waals surface area contributed by atoms with E-state index in [0.717, 1.165) is 58.3 Å². The van der Waals surface area contributed by atoms with Gasteiger partial charge in [-0.2, -0.15) is 0 Å². The van der Waals surface area contributed by atoms with Crippen molar-refractivity contribution in [3.63, 3.8) is 0 Å². The first-order valence-electron chi connectivity index (χ1n) is 11.3. The van der Waals surface area contributed by atoms with E-state index >= 15 is 0 Å². The number of likely N-dealkylation sites (tertiary alicyclic amines) is 2. The summed E-state index contributed by atoms with van der Waals surface area (Å²) in [6.07, 6.45) is 4.68. The molecule has 2 aromatic carbocycles. The highest BCUT2D eigenvalue weighted by Gasteiger charge is 2.27. The number of anilines is 1. The van der Waals surface area contributed by atoms with Crippen LogP contribution >= 0.6 is 0 Å². The van der Waals surface area contributed by atoms with E-state index in [1.54, 1.807) is 12.1 Å². The van der Waals surface area contributed by atoms with E-state index in [4.69, 9.17) is 0 Å². The van der Waals surface area contributed by atoms with Crippen molar-refractivity contribution in [2.75, 3.05) is 31.5 Å². The van der Waals surface area contributed by atoms with Gasteiger partial charge in [0.25, 0.3) is 5.91 Å². The SMILES string of the molecule is O=C(Nc1ccccc1C(=O)N1CCCCC1)C1CCN(Cc2ccccc2F)CC1. The number of hydrogen-bond donors (Lipinski definition) is 1. The van der Waals surface area contributed by atoms with Crippen molar-refractivity contribution in [3.8, 4) is 0 Å². The van der Waals surface area contributed by atoms with Crippen LogP contribution in [0.25, 0.3) is 0 Å². The smallest absolute Gasteiger partial charge is 0.255 e. The fraction of sp³-hybridized carbons (Fsp3) is 0.440. The highest BCUT2D eigenvalue weighted by atomic mass is 19.1. The standard InChI is InChI=1S/C25H30FN3O2/c26-22-10-4-2-8-20(22)18-28-16-12-19(13-17-28)24(30)27-23-11-5-3-9-21(23)25(31)29-14-6-1-7-15-29/h2-5,8-11,19H,1,6-7,12-18H2,(H,27,30). The average Bonchev–Trinajstić information content (AvgIpc) is 2.81. The summed E-state index contributed by atoms with van der Waals surface area (Å²) >= 11 is 0. The Bertz CT molecular complexity index is 918. The largest absolute Gasteiger partial charge is 0.339 e. The summed E-state index contributed by atoms with van der Waals surface area (Å²) in [6.45, 7) is 3.62. The first-order chi connectivity index (χ1) is 15.1. The maximum absolute atomic E-state index is 13.9. The quantitative estimate of drug-likeness (QED) is 0.780. The monoisotopic (exact) mass is 423 g/mol. The van der Waals surface area contributed by atoms with Gasteiger partial charge in [0.05, 0.1) is 11.3 Å². The van der Waals surface area contributed by atoms with Crippen molar-refractivity contribution in [2.24, 2.45) is 5.92 Å². The van der Waals surface area contributed by atoms with Gasteiger partial charge in [0.1, 0.15) is 5.82 Å². The molecule has 0 atom stereocenters. The molecule has 31 heavy (non-hydrogen) atoms. The third kappa shape index (κ3) is 5.31. The van der Waals surface area contributed by atoms with Gasteiger partial charge in [0.15, 0.2) is 0 Å². The molecule has 6 heteroatoms. The lowest BCUT2D eigenvalue weighted by Gasteiger charge is -2.31. The van der Waals surface area contributed by atoms with Crippen molar-refractivity contribution in [1.82, 2.24) is 9.80 Å². The first-order valence-corrected chi connectivity index (χ1v) is 11.3. The van der Waals surface area contributed by atoms with Crippen LogP contribution in [-0.2, 0) is 11.3 Å². The van der Waals surface area contributed by atoms with Crippen molar-refractivity contribution < 1.29 is 14.0 Å². The van der Waals surface area contributed by atoms with Gasteiger partial charge in [0.2, 0.25) is 5.91 Å². The van der Waals surface area contributed by atoms with E-state index in [1.807, 2.05) is 35.2 Å². The third-order valence-corrected chi connectivity index (χ3v) is 6.37. The zero-order valence-electron chi connectivity index (χ0n) is 17.9. The Morgan fingerprint density at radius 3 is 2.32 bits per heavy atom. The number of rotatable bonds is 5. The molecule has 0 bridgehead atoms. The Balaban J connectivity index is 1.34. The molecule has 0 saturated carbocycles. The van der Waals surface area contributed by atoms with Crippen molar-refractivity contribution in [1.29, 1.82) is 0 Å². The minimum atomic E-state index is -0.183. The summed E-state index contributed by atoms with van der Waals surface area (Å²) < 4.78 is 13.9. The predicted octanol–water partition coefficient (Wildman–Crippen LogP) is 4.30. The molecule has 0 aromatic heterocycles. The second-order valence-electron chi connectivity index (χ2n) is 8.53. The Morgan fingerprint density at radius 2 is 1.58 bits per heavy atom. The van der Waals surface area contributed by atoms with Crippen LogP contribution in [0.2, 0.25) is 0 Å². The second kappa shape index (κ2) is 10.1. The fourth-order valence-electron chi connectivity index (χ4n) is 4.50. The lowest BCUT2D eigenvalue weighted by atomic mass is 9.95. The Hall–Kier alpha value is -2.73. The molecule has 1 N–H and O–H groups in total. The lowest BCUT2D eigenvalue weighted by Crippen LogP contribution is -2.38. The van der Waals surface area contributed by atoms with Gasteiger partial charge in [-0.25, -0.2) is 4.39 Å². The molecule has 2 fully saturated rings. The van der Waals surface area contributed by atoms with Gasteiger partial charge in [-0.15, -0.1) is 0 Å². The zero-order valence-corrected chi connectivity index (χ0v) is 17.9. The molecular formula is C25H30FN3O2. The average molecular weight is 424 g/mol. The number of carbonyl (C=O) groups is 2. The van der Waals surface area contributed by atoms with Crippen LogP contribution in [0.4, 0.5) is 10.1 Å². The van der Waals surface area contributed by atoms with Crippen LogP contribution in [0, 0.1) is 11.7 Å². The molecule has 2 saturated heterocycles. The Kier molecular flexibility index (Phi) is 6.97. The number of carbonyl (C=O) groups excluding carboxylic acids is 2. The minimum absolute atomic E-state index is 0.00435. The van der Waals surface area contributed by atoms with Crippen LogP contribution in [0.15, 0.2) is 48.5 Å². The molecular weight excluding hydrogens is 393 g/mol. The van der Waals surface area contributed by atoms with Gasteiger partial charge in [-0.05, 0) is 63.4 Å². The van der Waals surface area contributed by atoms with E-state index in [1.165, 1.54) is 6.07 Å². The molecule has 0 unspecified atom stereocenters. The zero-order chi connectivity index (χ0) is 21.6. The number of nitrogens with one attached hydrogen (secondary N) is 1. The molecule has 4 rings (SSSR count). The van der Waals surface area contributed by atoms with Crippen LogP contribution in [0.3, 0.4) is 0 Å². The van der Waals surface area contributed by atoms with E-state index in [2.05, 4.69) is 10.2 Å². The minimum Gasteiger partial charge on any atom is -0.339 e. The van der Waals surface area contributed by atoms with Crippen LogP contribution < -0.4 is 5.32 Å². The van der Waals surface area contributed by atoms with Crippen LogP contribution in [0.5, 0.6) is 0 Å². The highest BCUT2D eigenvalue weighted by molar-refractivity contribution is 6.04. The highest BCUT2D eigenvalue weighted by Crippen LogP contribution is 2.24. The number of halogens is 1. The molecule has 2 aromatic rings. The Morgan fingerprint density at radius 1 is 0.903 bits per heavy atom. The van der Waals surface area contributed by atoms with E-state index < -0.39 is 0 Å². The summed E-state index contributed by atoms with van der Waals surface area (Å²) in [5.41, 5.74) is 1.85. The molecule has 0 aliphatic carbocycles. The van der Waals surface area contributed by atoms with Crippen molar-refractivity contribution >= 4 is 17.5 Å². The number of amides is 2. The van der Waals surface area contributed by atoms with Crippen molar-refractivity contribution in [3.05, 3.63) is 65.5 Å². The Labute approximate surface area is 183 Å². The number of piperidine rings is 2. The van der Waals surface area contributed by atoms with Crippen LogP contribution in [-0.4, -0.2) is 47.8 Å². The molecule has 2 aliphatic heterocycles. The third-order valence-electron chi connectivity index (χ3n) is 6.37. The number of para-hydroxylation sites is 1. The van der Waals surface area contributed by atoms with E-state index in [-0.39, 0.29) is 23.5 Å². The molecule has 0 spiro atoms. The van der Waals surface area contributed by atoms with Gasteiger partial charge in [-0.1, -0.05) is 30.3 Å². The summed E-state index contributed by atoms with van der Waals surface area (Å²) in [5, 5.41) is 3.01. The molecule has 2 aliphatic rings. The van der Waals surface area contributed by atoms with Crippen LogP contribution in [0.1, 0.15) is 48.0 Å². The maximum Gasteiger partial charge on any atom is 0.255 e.